The minimum Gasteiger partial charge on any atom is -0.458 e. The Hall–Kier alpha value is -2.20. The second-order valence-electron chi connectivity index (χ2n) is 5.11. The molecule has 1 atom stereocenters. The number of furan rings is 1. The summed E-state index contributed by atoms with van der Waals surface area (Å²) in [5, 5.41) is 11.0. The van der Waals surface area contributed by atoms with Gasteiger partial charge in [0.25, 0.3) is 0 Å². The molecule has 0 amide bonds. The van der Waals surface area contributed by atoms with Crippen LogP contribution in [0.5, 0.6) is 0 Å². The fraction of sp³-hybridized carbons (Fsp3) is 0.176. The van der Waals surface area contributed by atoms with Crippen molar-refractivity contribution in [3.05, 3.63) is 71.0 Å². The molecule has 2 nitrogen and oxygen atoms in total. The van der Waals surface area contributed by atoms with E-state index >= 15 is 0 Å². The van der Waals surface area contributed by atoms with Gasteiger partial charge in [-0.05, 0) is 37.3 Å². The predicted octanol–water partition coefficient (Wildman–Crippen LogP) is 4.30. The number of fused-ring (bicyclic) bond motifs is 1. The molecule has 0 aliphatic carbocycles. The Kier molecular flexibility index (Phi) is 3.47. The van der Waals surface area contributed by atoms with Crippen LogP contribution in [0.4, 0.5) is 8.78 Å². The van der Waals surface area contributed by atoms with Crippen LogP contribution < -0.4 is 0 Å². The summed E-state index contributed by atoms with van der Waals surface area (Å²) in [5.41, 5.74) is 1.58. The van der Waals surface area contributed by atoms with Crippen molar-refractivity contribution in [3.8, 4) is 0 Å². The lowest BCUT2D eigenvalue weighted by Gasteiger charge is -2.09. The lowest BCUT2D eigenvalue weighted by molar-refractivity contribution is 0.150. The zero-order valence-electron chi connectivity index (χ0n) is 11.4. The van der Waals surface area contributed by atoms with Crippen molar-refractivity contribution < 1.29 is 18.3 Å². The standard InChI is InChI=1S/C17H14F2O2/c1-10-5-6-16-11(7-10)8-17(21-16)15(20)9-12-13(18)3-2-4-14(12)19/h2-8,15,20H,9H2,1H3. The first-order chi connectivity index (χ1) is 10.0. The van der Waals surface area contributed by atoms with Crippen molar-refractivity contribution in [1.29, 1.82) is 0 Å². The molecule has 0 saturated carbocycles. The van der Waals surface area contributed by atoms with Gasteiger partial charge in [-0.25, -0.2) is 8.78 Å². The molecule has 0 aliphatic rings. The van der Waals surface area contributed by atoms with Gasteiger partial charge in [0.2, 0.25) is 0 Å². The van der Waals surface area contributed by atoms with Crippen molar-refractivity contribution >= 4 is 11.0 Å². The van der Waals surface area contributed by atoms with E-state index < -0.39 is 17.7 Å². The molecule has 4 heteroatoms. The number of aliphatic hydroxyl groups is 1. The van der Waals surface area contributed by atoms with Crippen LogP contribution in [0.2, 0.25) is 0 Å². The van der Waals surface area contributed by atoms with E-state index in [9.17, 15) is 13.9 Å². The van der Waals surface area contributed by atoms with Gasteiger partial charge < -0.3 is 9.52 Å². The second kappa shape index (κ2) is 5.30. The molecule has 0 saturated heterocycles. The molecule has 21 heavy (non-hydrogen) atoms. The molecule has 108 valence electrons. The topological polar surface area (TPSA) is 33.4 Å². The lowest BCUT2D eigenvalue weighted by atomic mass is 10.0. The Balaban J connectivity index is 1.91. The zero-order chi connectivity index (χ0) is 15.0. The molecule has 3 rings (SSSR count). The molecule has 1 N–H and O–H groups in total. The van der Waals surface area contributed by atoms with E-state index in [1.54, 1.807) is 6.07 Å². The maximum atomic E-state index is 13.6. The number of aryl methyl sites for hydroxylation is 1. The highest BCUT2D eigenvalue weighted by Gasteiger charge is 2.18. The summed E-state index contributed by atoms with van der Waals surface area (Å²) in [4.78, 5) is 0. The lowest BCUT2D eigenvalue weighted by Crippen LogP contribution is -2.04. The number of aliphatic hydroxyl groups excluding tert-OH is 1. The Bertz CT molecular complexity index is 772. The summed E-state index contributed by atoms with van der Waals surface area (Å²) in [5.74, 6) is -1.03. The molecule has 0 aliphatic heterocycles. The van der Waals surface area contributed by atoms with E-state index in [2.05, 4.69) is 0 Å². The van der Waals surface area contributed by atoms with E-state index in [0.29, 0.717) is 11.3 Å². The van der Waals surface area contributed by atoms with Gasteiger partial charge in [0.05, 0.1) is 0 Å². The van der Waals surface area contributed by atoms with Crippen molar-refractivity contribution in [3.63, 3.8) is 0 Å². The third-order valence-electron chi connectivity index (χ3n) is 3.48. The number of hydrogen-bond acceptors (Lipinski definition) is 2. The molecule has 1 heterocycles. The van der Waals surface area contributed by atoms with E-state index in [0.717, 1.165) is 10.9 Å². The maximum Gasteiger partial charge on any atom is 0.134 e. The van der Waals surface area contributed by atoms with Gasteiger partial charge in [-0.3, -0.25) is 0 Å². The highest BCUT2D eigenvalue weighted by Crippen LogP contribution is 2.28. The summed E-state index contributed by atoms with van der Waals surface area (Å²) in [6.45, 7) is 1.96. The first-order valence-electron chi connectivity index (χ1n) is 6.65. The van der Waals surface area contributed by atoms with Crippen LogP contribution >= 0.6 is 0 Å². The molecular weight excluding hydrogens is 274 g/mol. The van der Waals surface area contributed by atoms with Crippen molar-refractivity contribution in [2.75, 3.05) is 0 Å². The minimum absolute atomic E-state index is 0.137. The number of benzene rings is 2. The third-order valence-corrected chi connectivity index (χ3v) is 3.48. The average Bonchev–Trinajstić information content (AvgIpc) is 2.86. The molecular formula is C17H14F2O2. The third kappa shape index (κ3) is 2.67. The Morgan fingerprint density at radius 3 is 2.52 bits per heavy atom. The van der Waals surface area contributed by atoms with E-state index in [4.69, 9.17) is 4.42 Å². The van der Waals surface area contributed by atoms with Gasteiger partial charge in [0.1, 0.15) is 29.1 Å². The molecule has 3 aromatic rings. The summed E-state index contributed by atoms with van der Waals surface area (Å²) < 4.78 is 32.7. The Morgan fingerprint density at radius 1 is 1.10 bits per heavy atom. The van der Waals surface area contributed by atoms with Gasteiger partial charge in [-0.15, -0.1) is 0 Å². The number of hydrogen-bond donors (Lipinski definition) is 1. The van der Waals surface area contributed by atoms with Crippen molar-refractivity contribution in [1.82, 2.24) is 0 Å². The van der Waals surface area contributed by atoms with Crippen LogP contribution in [0.25, 0.3) is 11.0 Å². The predicted molar refractivity (Wildman–Crippen MR) is 76.0 cm³/mol. The fourth-order valence-electron chi connectivity index (χ4n) is 2.37. The zero-order valence-corrected chi connectivity index (χ0v) is 11.4. The molecule has 0 spiro atoms. The fourth-order valence-corrected chi connectivity index (χ4v) is 2.37. The number of halogens is 2. The van der Waals surface area contributed by atoms with Crippen LogP contribution in [-0.2, 0) is 6.42 Å². The van der Waals surface area contributed by atoms with E-state index in [-0.39, 0.29) is 12.0 Å². The first-order valence-corrected chi connectivity index (χ1v) is 6.65. The Morgan fingerprint density at radius 2 is 1.81 bits per heavy atom. The van der Waals surface area contributed by atoms with E-state index in [1.165, 1.54) is 18.2 Å². The highest BCUT2D eigenvalue weighted by atomic mass is 19.1. The normalized spacial score (nSPS) is 12.8. The largest absolute Gasteiger partial charge is 0.458 e. The molecule has 1 aromatic heterocycles. The smallest absolute Gasteiger partial charge is 0.134 e. The molecule has 0 bridgehead atoms. The van der Waals surface area contributed by atoms with Crippen LogP contribution in [0, 0.1) is 18.6 Å². The average molecular weight is 288 g/mol. The first kappa shape index (κ1) is 13.8. The van der Waals surface area contributed by atoms with Gasteiger partial charge in [-0.2, -0.15) is 0 Å². The molecule has 0 fully saturated rings. The SMILES string of the molecule is Cc1ccc2oc(C(O)Cc3c(F)cccc3F)cc2c1. The van der Waals surface area contributed by atoms with Gasteiger partial charge in [0.15, 0.2) is 0 Å². The highest BCUT2D eigenvalue weighted by molar-refractivity contribution is 5.78. The summed E-state index contributed by atoms with van der Waals surface area (Å²) in [6.07, 6.45) is -1.26. The van der Waals surface area contributed by atoms with Crippen LogP contribution in [0.15, 0.2) is 46.9 Å². The molecule has 1 unspecified atom stereocenters. The molecule has 2 aromatic carbocycles. The minimum atomic E-state index is -1.09. The van der Waals surface area contributed by atoms with Crippen LogP contribution in [0.3, 0.4) is 0 Å². The number of rotatable bonds is 3. The van der Waals surface area contributed by atoms with Crippen molar-refractivity contribution in [2.45, 2.75) is 19.4 Å². The summed E-state index contributed by atoms with van der Waals surface area (Å²) in [6, 6.07) is 11.0. The maximum absolute atomic E-state index is 13.6. The Labute approximate surface area is 120 Å². The summed E-state index contributed by atoms with van der Waals surface area (Å²) in [7, 11) is 0. The van der Waals surface area contributed by atoms with Crippen molar-refractivity contribution in [2.24, 2.45) is 0 Å². The second-order valence-corrected chi connectivity index (χ2v) is 5.11. The van der Waals surface area contributed by atoms with Gasteiger partial charge in [0, 0.05) is 17.4 Å². The quantitative estimate of drug-likeness (QED) is 0.779. The van der Waals surface area contributed by atoms with Gasteiger partial charge in [-0.1, -0.05) is 17.7 Å². The summed E-state index contributed by atoms with van der Waals surface area (Å²) >= 11 is 0. The van der Waals surface area contributed by atoms with E-state index in [1.807, 2.05) is 25.1 Å². The van der Waals surface area contributed by atoms with Crippen LogP contribution in [-0.4, -0.2) is 5.11 Å². The van der Waals surface area contributed by atoms with Crippen LogP contribution in [0.1, 0.15) is 23.0 Å². The van der Waals surface area contributed by atoms with Gasteiger partial charge >= 0.3 is 0 Å². The molecule has 0 radical (unpaired) electrons. The monoisotopic (exact) mass is 288 g/mol.